The van der Waals surface area contributed by atoms with Crippen molar-refractivity contribution >= 4 is 22.8 Å². The van der Waals surface area contributed by atoms with E-state index in [1.807, 2.05) is 42.5 Å². The van der Waals surface area contributed by atoms with Crippen molar-refractivity contribution < 1.29 is 26.1 Å². The van der Waals surface area contributed by atoms with E-state index in [-0.39, 0.29) is 5.75 Å². The Balaban J connectivity index is 0.000000774. The molecule has 0 unspecified atom stereocenters. The molecule has 0 spiro atoms. The van der Waals surface area contributed by atoms with Gasteiger partial charge < -0.3 is 5.11 Å². The van der Waals surface area contributed by atoms with Crippen molar-refractivity contribution in [2.75, 3.05) is 0 Å². The Labute approximate surface area is 131 Å². The maximum absolute atomic E-state index is 9.69. The number of aromatic nitrogens is 1. The van der Waals surface area contributed by atoms with E-state index in [9.17, 15) is 5.11 Å². The van der Waals surface area contributed by atoms with E-state index in [0.29, 0.717) is 5.56 Å². The summed E-state index contributed by atoms with van der Waals surface area (Å²) in [5, 5.41) is 10.7. The molecule has 0 radical (unpaired) electrons. The number of nitrogens with zero attached hydrogens (tertiary/aromatic N) is 2. The quantitative estimate of drug-likeness (QED) is 0.735. The summed E-state index contributed by atoms with van der Waals surface area (Å²) in [6.07, 6.45) is 3.40. The summed E-state index contributed by atoms with van der Waals surface area (Å²) in [5.41, 5.74) is 2.34. The van der Waals surface area contributed by atoms with Gasteiger partial charge in [-0.3, -0.25) is 9.98 Å². The Morgan fingerprint density at radius 2 is 1.76 bits per heavy atom. The standard InChI is InChI=1S/C16H12N2O.O.V/c19-15-9-2-1-5-13(15)11-18-14-8-3-6-12-7-4-10-17-16(12)14;;/h1-11,19H;;. The average molecular weight is 315 g/mol. The van der Waals surface area contributed by atoms with E-state index in [1.54, 1.807) is 24.5 Å². The van der Waals surface area contributed by atoms with Crippen LogP contribution in [-0.4, -0.2) is 16.3 Å². The number of benzene rings is 2. The van der Waals surface area contributed by atoms with Gasteiger partial charge in [0.25, 0.3) is 0 Å². The van der Waals surface area contributed by atoms with Gasteiger partial charge in [0, 0.05) is 23.4 Å². The van der Waals surface area contributed by atoms with Crippen molar-refractivity contribution in [3.63, 3.8) is 0 Å². The first-order valence-corrected chi connectivity index (χ1v) is 6.76. The minimum atomic E-state index is 0.222. The molecule has 103 valence electrons. The molecule has 1 heterocycles. The Hall–Kier alpha value is -2.30. The molecular weight excluding hydrogens is 303 g/mol. The summed E-state index contributed by atoms with van der Waals surface area (Å²) in [4.78, 5) is 8.76. The van der Waals surface area contributed by atoms with Crippen LogP contribution in [0.25, 0.3) is 10.9 Å². The third kappa shape index (κ3) is 3.63. The average Bonchev–Trinajstić information content (AvgIpc) is 2.56. The Morgan fingerprint density at radius 1 is 1.00 bits per heavy atom. The number of pyridine rings is 1. The Bertz CT molecular complexity index is 770. The molecule has 0 bridgehead atoms. The molecule has 2 aromatic carbocycles. The Morgan fingerprint density at radius 3 is 2.57 bits per heavy atom. The van der Waals surface area contributed by atoms with Gasteiger partial charge >= 0.3 is 21.0 Å². The maximum atomic E-state index is 9.69. The third-order valence-electron chi connectivity index (χ3n) is 2.89. The normalized spacial score (nSPS) is 10.2. The summed E-state index contributed by atoms with van der Waals surface area (Å²) in [5.74, 6) is 0.222. The molecule has 5 heteroatoms. The number of hydrogen-bond acceptors (Lipinski definition) is 4. The second-order valence-electron chi connectivity index (χ2n) is 4.17. The number of aromatic hydroxyl groups is 1. The molecule has 0 aliphatic rings. The van der Waals surface area contributed by atoms with Gasteiger partial charge in [-0.15, -0.1) is 0 Å². The van der Waals surface area contributed by atoms with Crippen LogP contribution in [0.2, 0.25) is 0 Å². The van der Waals surface area contributed by atoms with E-state index in [2.05, 4.69) is 9.98 Å². The predicted octanol–water partition coefficient (Wildman–Crippen LogP) is 3.57. The van der Waals surface area contributed by atoms with Crippen molar-refractivity contribution in [1.29, 1.82) is 0 Å². The van der Waals surface area contributed by atoms with Crippen LogP contribution in [0.4, 0.5) is 5.69 Å². The number of phenols is 1. The van der Waals surface area contributed by atoms with Crippen molar-refractivity contribution in [2.45, 2.75) is 0 Å². The van der Waals surface area contributed by atoms with Crippen LogP contribution in [-0.2, 0) is 21.0 Å². The molecule has 0 saturated carbocycles. The van der Waals surface area contributed by atoms with Crippen molar-refractivity contribution in [1.82, 2.24) is 4.98 Å². The number of aliphatic imine (C=N–C) groups is 1. The fourth-order valence-electron chi connectivity index (χ4n) is 1.93. The molecule has 1 aromatic heterocycles. The molecular formula is C16H12N2O2V. The van der Waals surface area contributed by atoms with Gasteiger partial charge in [0.2, 0.25) is 0 Å². The number of para-hydroxylation sites is 2. The zero-order valence-electron chi connectivity index (χ0n) is 11.0. The van der Waals surface area contributed by atoms with Gasteiger partial charge in [0.15, 0.2) is 0 Å². The molecule has 0 aliphatic heterocycles. The monoisotopic (exact) mass is 315 g/mol. The Kier molecular flexibility index (Phi) is 5.38. The van der Waals surface area contributed by atoms with Crippen LogP contribution < -0.4 is 0 Å². The molecule has 1 N–H and O–H groups in total. The zero-order chi connectivity index (χ0) is 15.1. The number of rotatable bonds is 2. The first-order chi connectivity index (χ1) is 10.3. The van der Waals surface area contributed by atoms with Crippen molar-refractivity contribution in [3.05, 3.63) is 66.4 Å². The minimum absolute atomic E-state index is 0.222. The predicted molar refractivity (Wildman–Crippen MR) is 77.8 cm³/mol. The van der Waals surface area contributed by atoms with E-state index in [1.165, 1.54) is 0 Å². The van der Waals surface area contributed by atoms with Crippen LogP contribution in [0.1, 0.15) is 5.56 Å². The summed E-state index contributed by atoms with van der Waals surface area (Å²) < 4.78 is 8.19. The van der Waals surface area contributed by atoms with Crippen LogP contribution in [0.3, 0.4) is 0 Å². The molecule has 0 saturated heterocycles. The first-order valence-electron chi connectivity index (χ1n) is 6.19. The van der Waals surface area contributed by atoms with Crippen LogP contribution >= 0.6 is 0 Å². The number of fused-ring (bicyclic) bond motifs is 1. The molecule has 3 rings (SSSR count). The van der Waals surface area contributed by atoms with Gasteiger partial charge in [-0.25, -0.2) is 0 Å². The molecule has 21 heavy (non-hydrogen) atoms. The molecule has 0 amide bonds. The summed E-state index contributed by atoms with van der Waals surface area (Å²) in [6, 6.07) is 16.9. The van der Waals surface area contributed by atoms with E-state index in [4.69, 9.17) is 3.67 Å². The van der Waals surface area contributed by atoms with Crippen LogP contribution in [0.15, 0.2) is 65.8 Å². The molecule has 0 fully saturated rings. The van der Waals surface area contributed by atoms with Crippen molar-refractivity contribution in [2.24, 2.45) is 4.99 Å². The molecule has 4 nitrogen and oxygen atoms in total. The molecule has 3 aromatic rings. The fourth-order valence-corrected chi connectivity index (χ4v) is 1.93. The topological polar surface area (TPSA) is 62.6 Å². The zero-order valence-corrected chi connectivity index (χ0v) is 12.4. The summed E-state index contributed by atoms with van der Waals surface area (Å²) in [6.45, 7) is 0. The fraction of sp³-hybridized carbons (Fsp3) is 0. The molecule has 0 atom stereocenters. The van der Waals surface area contributed by atoms with Gasteiger partial charge in [-0.1, -0.05) is 30.3 Å². The third-order valence-corrected chi connectivity index (χ3v) is 2.89. The number of phenolic OH excluding ortho intramolecular Hbond substituents is 1. The van der Waals surface area contributed by atoms with E-state index >= 15 is 0 Å². The van der Waals surface area contributed by atoms with Gasteiger partial charge in [0.1, 0.15) is 5.75 Å². The van der Waals surface area contributed by atoms with Crippen LogP contribution in [0.5, 0.6) is 5.75 Å². The summed E-state index contributed by atoms with van der Waals surface area (Å²) >= 11 is 1.06. The second kappa shape index (κ2) is 7.48. The van der Waals surface area contributed by atoms with Crippen LogP contribution in [0, 0.1) is 0 Å². The van der Waals surface area contributed by atoms with Gasteiger partial charge in [-0.2, -0.15) is 0 Å². The SMILES string of the molecule is Oc1ccccc1C=Nc1cccc2cccnc12.[O]=[V]. The van der Waals surface area contributed by atoms with E-state index < -0.39 is 0 Å². The molecule has 0 aliphatic carbocycles. The summed E-state index contributed by atoms with van der Waals surface area (Å²) in [7, 11) is 0. The second-order valence-corrected chi connectivity index (χ2v) is 4.17. The van der Waals surface area contributed by atoms with E-state index in [0.717, 1.165) is 34.0 Å². The van der Waals surface area contributed by atoms with Gasteiger partial charge in [-0.05, 0) is 24.3 Å². The number of hydrogen-bond donors (Lipinski definition) is 1. The van der Waals surface area contributed by atoms with Crippen molar-refractivity contribution in [3.8, 4) is 5.75 Å². The first kappa shape index (κ1) is 15.1. The van der Waals surface area contributed by atoms with Gasteiger partial charge in [0.05, 0.1) is 11.2 Å².